The van der Waals surface area contributed by atoms with Crippen LogP contribution in [0.4, 0.5) is 14.4 Å². The molecule has 0 aliphatic rings. The van der Waals surface area contributed by atoms with Gasteiger partial charge in [0.25, 0.3) is 0 Å². The van der Waals surface area contributed by atoms with E-state index in [-0.39, 0.29) is 6.54 Å². The molecule has 0 aliphatic heterocycles. The molecule has 0 radical (unpaired) electrons. The number of unbranched alkanes of at least 4 members (excludes halogenated alkanes) is 30. The van der Waals surface area contributed by atoms with Crippen molar-refractivity contribution in [1.29, 1.82) is 0 Å². The van der Waals surface area contributed by atoms with Crippen LogP contribution in [0.2, 0.25) is 0 Å². The van der Waals surface area contributed by atoms with Gasteiger partial charge in [0.05, 0.1) is 46.2 Å². The largest absolute Gasteiger partial charge is 0.508 e. The monoisotopic (exact) mass is 985 g/mol. The molecule has 0 saturated carbocycles. The van der Waals surface area contributed by atoms with Crippen molar-refractivity contribution in [2.45, 2.75) is 258 Å². The second-order valence-corrected chi connectivity index (χ2v) is 19.4. The van der Waals surface area contributed by atoms with Gasteiger partial charge in [-0.25, -0.2) is 14.4 Å². The van der Waals surface area contributed by atoms with Gasteiger partial charge in [-0.15, -0.1) is 0 Å². The smallest absolute Gasteiger partial charge is 0.480 e. The van der Waals surface area contributed by atoms with Gasteiger partial charge in [0, 0.05) is 0 Å². The average molecular weight is 985 g/mol. The van der Waals surface area contributed by atoms with E-state index in [0.717, 1.165) is 155 Å². The highest BCUT2D eigenvalue weighted by molar-refractivity contribution is 5.69. The molecule has 0 bridgehead atoms. The summed E-state index contributed by atoms with van der Waals surface area (Å²) in [5.41, 5.74) is 0. The first-order chi connectivity index (χ1) is 33.8. The zero-order valence-corrected chi connectivity index (χ0v) is 45.1. The summed E-state index contributed by atoms with van der Waals surface area (Å²) in [6.45, 7) is 13.3. The van der Waals surface area contributed by atoms with Crippen LogP contribution < -0.4 is 0 Å². The number of rotatable bonds is 54. The highest BCUT2D eigenvalue weighted by atomic mass is 16.7. The van der Waals surface area contributed by atoms with Crippen molar-refractivity contribution < 1.29 is 52.7 Å². The molecule has 408 valence electrons. The molecular weight excluding hydrogens is 877 g/mol. The van der Waals surface area contributed by atoms with E-state index in [9.17, 15) is 24.3 Å². The van der Waals surface area contributed by atoms with Crippen molar-refractivity contribution in [2.24, 2.45) is 0 Å². The molecule has 13 heteroatoms. The van der Waals surface area contributed by atoms with Crippen LogP contribution in [-0.4, -0.2) is 118 Å². The van der Waals surface area contributed by atoms with Crippen LogP contribution in [0.3, 0.4) is 0 Å². The third-order valence-electron chi connectivity index (χ3n) is 12.7. The normalized spacial score (nSPS) is 11.3. The first-order valence-corrected chi connectivity index (χ1v) is 28.9. The fraction of sp³-hybridized carbons (Fsp3) is 0.929. The molecule has 0 amide bonds. The predicted octanol–water partition coefficient (Wildman–Crippen LogP) is 15.6. The Morgan fingerprint density at radius 1 is 0.275 bits per heavy atom. The molecule has 0 atom stereocenters. The number of carboxylic acid groups (broad SMARTS) is 1. The van der Waals surface area contributed by atoms with E-state index < -0.39 is 24.4 Å². The van der Waals surface area contributed by atoms with Crippen LogP contribution in [0.15, 0.2) is 0 Å². The van der Waals surface area contributed by atoms with Crippen LogP contribution >= 0.6 is 0 Å². The molecule has 0 aromatic rings. The molecule has 69 heavy (non-hydrogen) atoms. The van der Waals surface area contributed by atoms with Crippen molar-refractivity contribution in [3.05, 3.63) is 0 Å². The van der Waals surface area contributed by atoms with Gasteiger partial charge in [-0.2, -0.15) is 0 Å². The van der Waals surface area contributed by atoms with Crippen molar-refractivity contribution in [3.8, 4) is 0 Å². The third-order valence-corrected chi connectivity index (χ3v) is 12.7. The predicted molar refractivity (Wildman–Crippen MR) is 280 cm³/mol. The number of aliphatic carboxylic acids is 1. The Balaban J connectivity index is 4.53. The van der Waals surface area contributed by atoms with Crippen LogP contribution in [-0.2, 0) is 33.2 Å². The summed E-state index contributed by atoms with van der Waals surface area (Å²) in [5, 5.41) is 9.64. The Kier molecular flexibility index (Phi) is 52.3. The van der Waals surface area contributed by atoms with Gasteiger partial charge in [0.15, 0.2) is 0 Å². The van der Waals surface area contributed by atoms with E-state index in [4.69, 9.17) is 28.4 Å². The van der Waals surface area contributed by atoms with Gasteiger partial charge < -0.3 is 38.4 Å². The molecule has 0 unspecified atom stereocenters. The summed E-state index contributed by atoms with van der Waals surface area (Å²) < 4.78 is 31.6. The number of nitrogens with zero attached hydrogens (tertiary/aromatic N) is 2. The van der Waals surface area contributed by atoms with Gasteiger partial charge >= 0.3 is 24.4 Å². The Hall–Kier alpha value is -2.80. The summed E-state index contributed by atoms with van der Waals surface area (Å²) in [4.78, 5) is 52.2. The van der Waals surface area contributed by atoms with Crippen molar-refractivity contribution >= 4 is 24.4 Å². The van der Waals surface area contributed by atoms with Gasteiger partial charge in [-0.05, 0) is 96.9 Å². The van der Waals surface area contributed by atoms with Gasteiger partial charge in [-0.1, -0.05) is 194 Å². The van der Waals surface area contributed by atoms with Gasteiger partial charge in [0.2, 0.25) is 0 Å². The Labute approximate surface area is 422 Å². The fourth-order valence-electron chi connectivity index (χ4n) is 8.45. The molecule has 0 aromatic heterocycles. The lowest BCUT2D eigenvalue weighted by Gasteiger charge is -2.25. The quantitative estimate of drug-likeness (QED) is 0.0350. The molecule has 0 aliphatic carbocycles. The standard InChI is InChI=1S/C56H108N2O11/c1-4-7-10-13-16-19-25-34-46-64-54(61)67-49-37-28-22-31-41-57(42-32-23-29-38-50-68-55(62)65-47-35-26-20-17-14-11-8-5-2)44-40-45-58(52-53(59)60)43-33-24-30-39-51-69-56(63)66-48-36-27-21-18-15-12-9-6-3/h4-52H2,1-3H3,(H,59,60). The number of carbonyl (C=O) groups excluding carboxylic acids is 3. The zero-order chi connectivity index (χ0) is 50.4. The fourth-order valence-corrected chi connectivity index (χ4v) is 8.45. The minimum Gasteiger partial charge on any atom is -0.480 e. The molecule has 0 heterocycles. The molecule has 0 saturated heterocycles. The van der Waals surface area contributed by atoms with Gasteiger partial charge in [-0.3, -0.25) is 9.69 Å². The highest BCUT2D eigenvalue weighted by Crippen LogP contribution is 2.13. The zero-order valence-electron chi connectivity index (χ0n) is 45.1. The van der Waals surface area contributed by atoms with E-state index >= 15 is 0 Å². The maximum absolute atomic E-state index is 12.0. The van der Waals surface area contributed by atoms with Crippen LogP contribution in [0.25, 0.3) is 0 Å². The third kappa shape index (κ3) is 52.8. The van der Waals surface area contributed by atoms with Crippen LogP contribution in [0.5, 0.6) is 0 Å². The van der Waals surface area contributed by atoms with E-state index in [2.05, 4.69) is 25.7 Å². The van der Waals surface area contributed by atoms with E-state index in [1.165, 1.54) is 116 Å². The van der Waals surface area contributed by atoms with E-state index in [1.807, 2.05) is 4.90 Å². The summed E-state index contributed by atoms with van der Waals surface area (Å²) in [6, 6.07) is 0. The minimum atomic E-state index is -0.813. The molecule has 13 nitrogen and oxygen atoms in total. The second kappa shape index (κ2) is 54.5. The average Bonchev–Trinajstić information content (AvgIpc) is 3.33. The topological polar surface area (TPSA) is 150 Å². The van der Waals surface area contributed by atoms with Gasteiger partial charge in [0.1, 0.15) is 0 Å². The lowest BCUT2D eigenvalue weighted by molar-refractivity contribution is -0.138. The minimum absolute atomic E-state index is 0.0252. The van der Waals surface area contributed by atoms with E-state index in [1.54, 1.807) is 0 Å². The first-order valence-electron chi connectivity index (χ1n) is 28.9. The van der Waals surface area contributed by atoms with Crippen molar-refractivity contribution in [2.75, 3.05) is 78.9 Å². The Bertz CT molecular complexity index is 1080. The summed E-state index contributed by atoms with van der Waals surface area (Å²) in [6.07, 6.45) is 39.2. The highest BCUT2D eigenvalue weighted by Gasteiger charge is 2.13. The number of carbonyl (C=O) groups is 4. The summed E-state index contributed by atoms with van der Waals surface area (Å²) in [5.74, 6) is -0.813. The number of ether oxygens (including phenoxy) is 6. The van der Waals surface area contributed by atoms with Crippen molar-refractivity contribution in [3.63, 3.8) is 0 Å². The molecule has 0 spiro atoms. The second-order valence-electron chi connectivity index (χ2n) is 19.4. The SMILES string of the molecule is CCCCCCCCCCOC(=O)OCCCCCCN(CCCCCCOC(=O)OCCCCCCCCCC)CCCN(CCCCCCOC(=O)OCCCCCCCCCC)CC(=O)O. The summed E-state index contributed by atoms with van der Waals surface area (Å²) in [7, 11) is 0. The molecule has 0 aromatic carbocycles. The maximum atomic E-state index is 12.0. The molecule has 1 N–H and O–H groups in total. The number of carboxylic acids is 1. The number of hydrogen-bond donors (Lipinski definition) is 1. The van der Waals surface area contributed by atoms with Crippen molar-refractivity contribution in [1.82, 2.24) is 9.80 Å². The lowest BCUT2D eigenvalue weighted by Crippen LogP contribution is -2.34. The maximum Gasteiger partial charge on any atom is 0.508 e. The molecule has 0 rings (SSSR count). The summed E-state index contributed by atoms with van der Waals surface area (Å²) >= 11 is 0. The molecule has 0 fully saturated rings. The lowest BCUT2D eigenvalue weighted by atomic mass is 10.1. The number of hydrogen-bond acceptors (Lipinski definition) is 12. The molecular formula is C56H108N2O11. The first kappa shape index (κ1) is 66.2. The van der Waals surface area contributed by atoms with Crippen LogP contribution in [0.1, 0.15) is 258 Å². The van der Waals surface area contributed by atoms with Crippen LogP contribution in [0, 0.1) is 0 Å². The Morgan fingerprint density at radius 2 is 0.478 bits per heavy atom. The van der Waals surface area contributed by atoms with E-state index in [0.29, 0.717) is 39.6 Å². The Morgan fingerprint density at radius 3 is 0.739 bits per heavy atom.